The Morgan fingerprint density at radius 3 is 3.09 bits per heavy atom. The summed E-state index contributed by atoms with van der Waals surface area (Å²) in [6, 6.07) is 3.78. The molecule has 118 valence electrons. The molecule has 3 heterocycles. The van der Waals surface area contributed by atoms with E-state index >= 15 is 0 Å². The normalized spacial score (nSPS) is 18.6. The fraction of sp³-hybridized carbons (Fsp3) is 0.533. The van der Waals surface area contributed by atoms with E-state index in [1.807, 2.05) is 17.0 Å². The van der Waals surface area contributed by atoms with Crippen LogP contribution in [0.2, 0.25) is 4.34 Å². The standard InChI is InChI=1S/C15H19ClN4OS/c1-2-19-10-17-18-15(19)11-4-3-7-20(9-11)14(21)8-12-5-6-13(16)22-12/h5-6,10-11H,2-4,7-9H2,1H3. The molecule has 0 bridgehead atoms. The van der Waals surface area contributed by atoms with Crippen LogP contribution in [-0.4, -0.2) is 38.7 Å². The van der Waals surface area contributed by atoms with Gasteiger partial charge in [-0.15, -0.1) is 21.5 Å². The van der Waals surface area contributed by atoms with Crippen LogP contribution in [0.25, 0.3) is 0 Å². The summed E-state index contributed by atoms with van der Waals surface area (Å²) in [7, 11) is 0. The highest BCUT2D eigenvalue weighted by atomic mass is 35.5. The van der Waals surface area contributed by atoms with Crippen LogP contribution in [0.3, 0.4) is 0 Å². The molecule has 0 saturated carbocycles. The highest BCUT2D eigenvalue weighted by molar-refractivity contribution is 7.16. The van der Waals surface area contributed by atoms with E-state index in [-0.39, 0.29) is 11.8 Å². The van der Waals surface area contributed by atoms with Crippen molar-refractivity contribution in [3.8, 4) is 0 Å². The van der Waals surface area contributed by atoms with Gasteiger partial charge in [0.25, 0.3) is 0 Å². The summed E-state index contributed by atoms with van der Waals surface area (Å²) < 4.78 is 2.80. The summed E-state index contributed by atoms with van der Waals surface area (Å²) in [6.07, 6.45) is 4.28. The molecule has 1 saturated heterocycles. The number of halogens is 1. The largest absolute Gasteiger partial charge is 0.342 e. The van der Waals surface area contributed by atoms with Gasteiger partial charge in [0.1, 0.15) is 12.2 Å². The fourth-order valence-corrected chi connectivity index (χ4v) is 4.02. The number of hydrogen-bond acceptors (Lipinski definition) is 4. The molecular formula is C15H19ClN4OS. The minimum absolute atomic E-state index is 0.172. The number of amides is 1. The Morgan fingerprint density at radius 1 is 1.50 bits per heavy atom. The van der Waals surface area contributed by atoms with Gasteiger partial charge in [-0.3, -0.25) is 4.79 Å². The maximum atomic E-state index is 12.5. The van der Waals surface area contributed by atoms with Gasteiger partial charge in [0, 0.05) is 30.4 Å². The molecule has 0 spiro atoms. The van der Waals surface area contributed by atoms with Crippen molar-refractivity contribution in [3.63, 3.8) is 0 Å². The molecule has 1 unspecified atom stereocenters. The smallest absolute Gasteiger partial charge is 0.227 e. The first kappa shape index (κ1) is 15.5. The molecule has 1 fully saturated rings. The molecule has 7 heteroatoms. The van der Waals surface area contributed by atoms with Crippen LogP contribution in [0.5, 0.6) is 0 Å². The van der Waals surface area contributed by atoms with Crippen LogP contribution in [0, 0.1) is 0 Å². The summed E-state index contributed by atoms with van der Waals surface area (Å²) in [5, 5.41) is 8.26. The Morgan fingerprint density at radius 2 is 2.36 bits per heavy atom. The second-order valence-corrected chi connectivity index (χ2v) is 7.34. The van der Waals surface area contributed by atoms with Gasteiger partial charge in [0.2, 0.25) is 5.91 Å². The zero-order valence-electron chi connectivity index (χ0n) is 12.5. The van der Waals surface area contributed by atoms with Gasteiger partial charge in [0.05, 0.1) is 10.8 Å². The molecule has 0 N–H and O–H groups in total. The van der Waals surface area contributed by atoms with Gasteiger partial charge in [-0.25, -0.2) is 0 Å². The van der Waals surface area contributed by atoms with E-state index < -0.39 is 0 Å². The van der Waals surface area contributed by atoms with Gasteiger partial charge in [-0.1, -0.05) is 11.6 Å². The molecule has 0 aliphatic carbocycles. The van der Waals surface area contributed by atoms with E-state index in [4.69, 9.17) is 11.6 Å². The number of carbonyl (C=O) groups is 1. The first-order valence-electron chi connectivity index (χ1n) is 7.57. The van der Waals surface area contributed by atoms with Crippen molar-refractivity contribution in [1.29, 1.82) is 0 Å². The summed E-state index contributed by atoms with van der Waals surface area (Å²) in [5.41, 5.74) is 0. The number of aromatic nitrogens is 3. The van der Waals surface area contributed by atoms with Crippen molar-refractivity contribution in [1.82, 2.24) is 19.7 Å². The van der Waals surface area contributed by atoms with Gasteiger partial charge in [-0.05, 0) is 31.9 Å². The van der Waals surface area contributed by atoms with Crippen LogP contribution >= 0.6 is 22.9 Å². The minimum atomic E-state index is 0.172. The SMILES string of the molecule is CCn1cnnc1C1CCCN(C(=O)Cc2ccc(Cl)s2)C1. The average molecular weight is 339 g/mol. The molecule has 1 aliphatic rings. The van der Waals surface area contributed by atoms with Crippen molar-refractivity contribution in [2.24, 2.45) is 0 Å². The highest BCUT2D eigenvalue weighted by Crippen LogP contribution is 2.27. The zero-order valence-corrected chi connectivity index (χ0v) is 14.1. The van der Waals surface area contributed by atoms with E-state index in [0.717, 1.165) is 47.5 Å². The molecular weight excluding hydrogens is 320 g/mol. The molecule has 5 nitrogen and oxygen atoms in total. The Hall–Kier alpha value is -1.40. The molecule has 1 amide bonds. The monoisotopic (exact) mass is 338 g/mol. The molecule has 1 atom stereocenters. The van der Waals surface area contributed by atoms with Crippen molar-refractivity contribution in [2.75, 3.05) is 13.1 Å². The Balaban J connectivity index is 1.66. The van der Waals surface area contributed by atoms with E-state index in [1.165, 1.54) is 11.3 Å². The fourth-order valence-electron chi connectivity index (χ4n) is 2.95. The van der Waals surface area contributed by atoms with Crippen molar-refractivity contribution in [3.05, 3.63) is 33.5 Å². The number of piperidine rings is 1. The van der Waals surface area contributed by atoms with Crippen LogP contribution in [0.1, 0.15) is 36.4 Å². The van der Waals surface area contributed by atoms with E-state index in [2.05, 4.69) is 21.7 Å². The van der Waals surface area contributed by atoms with Gasteiger partial charge < -0.3 is 9.47 Å². The number of hydrogen-bond donors (Lipinski definition) is 0. The quantitative estimate of drug-likeness (QED) is 0.861. The third kappa shape index (κ3) is 3.33. The topological polar surface area (TPSA) is 51.0 Å². The third-order valence-electron chi connectivity index (χ3n) is 4.08. The zero-order chi connectivity index (χ0) is 15.5. The van der Waals surface area contributed by atoms with Crippen molar-refractivity contribution in [2.45, 2.75) is 38.6 Å². The first-order chi connectivity index (χ1) is 10.7. The molecule has 1 aliphatic heterocycles. The van der Waals surface area contributed by atoms with Crippen LogP contribution in [0.4, 0.5) is 0 Å². The second kappa shape index (κ2) is 6.79. The second-order valence-electron chi connectivity index (χ2n) is 5.54. The third-order valence-corrected chi connectivity index (χ3v) is 5.31. The van der Waals surface area contributed by atoms with E-state index in [1.54, 1.807) is 6.33 Å². The number of aryl methyl sites for hydroxylation is 1. The Bertz CT molecular complexity index is 654. The number of thiophene rings is 1. The molecule has 22 heavy (non-hydrogen) atoms. The molecule has 2 aromatic heterocycles. The first-order valence-corrected chi connectivity index (χ1v) is 8.76. The maximum absolute atomic E-state index is 12.5. The molecule has 3 rings (SSSR count). The van der Waals surface area contributed by atoms with Crippen LogP contribution < -0.4 is 0 Å². The van der Waals surface area contributed by atoms with Gasteiger partial charge in [0.15, 0.2) is 0 Å². The van der Waals surface area contributed by atoms with Crippen molar-refractivity contribution >= 4 is 28.8 Å². The summed E-state index contributed by atoms with van der Waals surface area (Å²) >= 11 is 7.41. The van der Waals surface area contributed by atoms with E-state index in [0.29, 0.717) is 6.42 Å². The molecule has 0 aromatic carbocycles. The molecule has 2 aromatic rings. The predicted octanol–water partition coefficient (Wildman–Crippen LogP) is 2.96. The van der Waals surface area contributed by atoms with Crippen LogP contribution in [0.15, 0.2) is 18.5 Å². The number of rotatable bonds is 4. The highest BCUT2D eigenvalue weighted by Gasteiger charge is 2.27. The van der Waals surface area contributed by atoms with Gasteiger partial charge >= 0.3 is 0 Å². The number of carbonyl (C=O) groups excluding carboxylic acids is 1. The Labute approximate surface area is 138 Å². The average Bonchev–Trinajstić information content (AvgIpc) is 3.16. The van der Waals surface area contributed by atoms with Gasteiger partial charge in [-0.2, -0.15) is 0 Å². The summed E-state index contributed by atoms with van der Waals surface area (Å²) in [4.78, 5) is 15.5. The summed E-state index contributed by atoms with van der Waals surface area (Å²) in [5.74, 6) is 1.46. The lowest BCUT2D eigenvalue weighted by Gasteiger charge is -2.32. The van der Waals surface area contributed by atoms with Crippen molar-refractivity contribution < 1.29 is 4.79 Å². The van der Waals surface area contributed by atoms with Crippen LogP contribution in [-0.2, 0) is 17.8 Å². The Kier molecular flexibility index (Phi) is 4.78. The number of nitrogens with zero attached hydrogens (tertiary/aromatic N) is 4. The lowest BCUT2D eigenvalue weighted by molar-refractivity contribution is -0.131. The maximum Gasteiger partial charge on any atom is 0.227 e. The minimum Gasteiger partial charge on any atom is -0.342 e. The predicted molar refractivity (Wildman–Crippen MR) is 87.3 cm³/mol. The molecule has 0 radical (unpaired) electrons. The lowest BCUT2D eigenvalue weighted by Crippen LogP contribution is -2.40. The summed E-state index contributed by atoms with van der Waals surface area (Å²) in [6.45, 7) is 4.50. The number of likely N-dealkylation sites (tertiary alicyclic amines) is 1. The van der Waals surface area contributed by atoms with E-state index in [9.17, 15) is 4.79 Å². The lowest BCUT2D eigenvalue weighted by atomic mass is 9.96.